The summed E-state index contributed by atoms with van der Waals surface area (Å²) in [5.41, 5.74) is -0.0779. The van der Waals surface area contributed by atoms with Crippen LogP contribution in [0, 0.1) is 18.3 Å². The number of aryl methyl sites for hydroxylation is 1. The number of esters is 1. The summed E-state index contributed by atoms with van der Waals surface area (Å²) in [4.78, 5) is 11.3. The molecule has 4 nitrogen and oxygen atoms in total. The maximum atomic E-state index is 11.3. The van der Waals surface area contributed by atoms with E-state index in [4.69, 9.17) is 9.68 Å². The summed E-state index contributed by atoms with van der Waals surface area (Å²) in [6.45, 7) is 1.70. The normalized spacial score (nSPS) is 16.9. The molecular formula is C11H11NO3. The Hall–Kier alpha value is -1.76. The molecule has 1 aromatic heterocycles. The predicted octanol–water partition coefficient (Wildman–Crippen LogP) is 1.93. The fourth-order valence-electron chi connectivity index (χ4n) is 1.57. The molecule has 1 aliphatic carbocycles. The molecule has 0 unspecified atom stereocenters. The van der Waals surface area contributed by atoms with E-state index in [0.29, 0.717) is 17.1 Å². The molecule has 0 aromatic carbocycles. The molecule has 0 aliphatic heterocycles. The zero-order valence-electron chi connectivity index (χ0n) is 8.66. The van der Waals surface area contributed by atoms with Crippen molar-refractivity contribution in [2.45, 2.75) is 25.2 Å². The lowest BCUT2D eigenvalue weighted by Crippen LogP contribution is -2.02. The molecule has 1 aliphatic rings. The van der Waals surface area contributed by atoms with Crippen molar-refractivity contribution >= 4 is 5.97 Å². The first-order valence-corrected chi connectivity index (χ1v) is 4.73. The molecule has 1 aromatic rings. The van der Waals surface area contributed by atoms with Crippen molar-refractivity contribution in [2.24, 2.45) is 0 Å². The third-order valence-corrected chi connectivity index (χ3v) is 2.76. The largest absolute Gasteiger partial charge is 0.465 e. The van der Waals surface area contributed by atoms with E-state index < -0.39 is 11.4 Å². The van der Waals surface area contributed by atoms with Gasteiger partial charge in [0.2, 0.25) is 0 Å². The van der Waals surface area contributed by atoms with Crippen LogP contribution in [0.4, 0.5) is 0 Å². The maximum Gasteiger partial charge on any atom is 0.341 e. The average molecular weight is 205 g/mol. The van der Waals surface area contributed by atoms with Crippen LogP contribution in [0.3, 0.4) is 0 Å². The van der Waals surface area contributed by atoms with Gasteiger partial charge in [-0.3, -0.25) is 0 Å². The molecule has 1 fully saturated rings. The van der Waals surface area contributed by atoms with E-state index >= 15 is 0 Å². The van der Waals surface area contributed by atoms with Crippen molar-refractivity contribution in [1.29, 1.82) is 5.26 Å². The number of nitrogens with zero attached hydrogens (tertiary/aromatic N) is 1. The quantitative estimate of drug-likeness (QED) is 0.692. The van der Waals surface area contributed by atoms with Gasteiger partial charge in [0.25, 0.3) is 0 Å². The van der Waals surface area contributed by atoms with Gasteiger partial charge in [-0.2, -0.15) is 5.26 Å². The van der Waals surface area contributed by atoms with Gasteiger partial charge in [0.05, 0.1) is 13.2 Å². The van der Waals surface area contributed by atoms with Gasteiger partial charge in [-0.25, -0.2) is 4.79 Å². The van der Waals surface area contributed by atoms with Crippen LogP contribution in [0.25, 0.3) is 0 Å². The molecule has 0 radical (unpaired) electrons. The zero-order valence-corrected chi connectivity index (χ0v) is 8.66. The second kappa shape index (κ2) is 3.13. The summed E-state index contributed by atoms with van der Waals surface area (Å²) in [7, 11) is 1.33. The van der Waals surface area contributed by atoms with E-state index in [0.717, 1.165) is 12.8 Å². The number of methoxy groups -OCH3 is 1. The van der Waals surface area contributed by atoms with Crippen LogP contribution in [0.5, 0.6) is 0 Å². The first-order valence-electron chi connectivity index (χ1n) is 4.73. The Morgan fingerprint density at radius 3 is 2.80 bits per heavy atom. The number of carbonyl (C=O) groups excluding carboxylic acids is 1. The van der Waals surface area contributed by atoms with Crippen LogP contribution in [0.2, 0.25) is 0 Å². The standard InChI is InChI=1S/C11H11NO3/c1-7-8(10(13)14-2)5-9(15-7)11(6-12)3-4-11/h5H,3-4H2,1-2H3. The third kappa shape index (κ3) is 1.40. The van der Waals surface area contributed by atoms with Crippen LogP contribution < -0.4 is 0 Å². The first kappa shape index (κ1) is 9.78. The van der Waals surface area contributed by atoms with E-state index in [1.807, 2.05) is 0 Å². The van der Waals surface area contributed by atoms with E-state index in [-0.39, 0.29) is 0 Å². The van der Waals surface area contributed by atoms with Gasteiger partial charge in [-0.15, -0.1) is 0 Å². The predicted molar refractivity (Wildman–Crippen MR) is 51.3 cm³/mol. The Morgan fingerprint density at radius 1 is 1.67 bits per heavy atom. The molecule has 0 N–H and O–H groups in total. The van der Waals surface area contributed by atoms with Crippen LogP contribution in [0.1, 0.15) is 34.7 Å². The molecule has 1 heterocycles. The molecule has 0 bridgehead atoms. The summed E-state index contributed by atoms with van der Waals surface area (Å²) in [5, 5.41) is 8.98. The topological polar surface area (TPSA) is 63.2 Å². The van der Waals surface area contributed by atoms with Gasteiger partial charge in [-0.05, 0) is 25.8 Å². The first-order chi connectivity index (χ1) is 7.13. The molecule has 4 heteroatoms. The Morgan fingerprint density at radius 2 is 2.33 bits per heavy atom. The van der Waals surface area contributed by atoms with E-state index in [9.17, 15) is 4.79 Å². The molecular weight excluding hydrogens is 194 g/mol. The molecule has 0 atom stereocenters. The van der Waals surface area contributed by atoms with Crippen molar-refractivity contribution in [3.8, 4) is 6.07 Å². The summed E-state index contributed by atoms with van der Waals surface area (Å²) in [6, 6.07) is 3.84. The Bertz CT molecular complexity index is 449. The van der Waals surface area contributed by atoms with Crippen LogP contribution in [-0.2, 0) is 10.2 Å². The zero-order chi connectivity index (χ0) is 11.1. The maximum absolute atomic E-state index is 11.3. The van der Waals surface area contributed by atoms with Crippen molar-refractivity contribution in [1.82, 2.24) is 0 Å². The highest BCUT2D eigenvalue weighted by molar-refractivity contribution is 5.90. The fraction of sp³-hybridized carbons (Fsp3) is 0.455. The van der Waals surface area contributed by atoms with Gasteiger partial charge >= 0.3 is 5.97 Å². The van der Waals surface area contributed by atoms with Gasteiger partial charge < -0.3 is 9.15 Å². The molecule has 78 valence electrons. The van der Waals surface area contributed by atoms with Gasteiger partial charge in [0.15, 0.2) is 0 Å². The molecule has 0 spiro atoms. The number of hydrogen-bond donors (Lipinski definition) is 0. The number of hydrogen-bond acceptors (Lipinski definition) is 4. The van der Waals surface area contributed by atoms with Crippen LogP contribution in [-0.4, -0.2) is 13.1 Å². The molecule has 0 saturated heterocycles. The number of rotatable bonds is 2. The fourth-order valence-corrected chi connectivity index (χ4v) is 1.57. The lowest BCUT2D eigenvalue weighted by atomic mass is 10.1. The van der Waals surface area contributed by atoms with Crippen LogP contribution >= 0.6 is 0 Å². The van der Waals surface area contributed by atoms with Crippen LogP contribution in [0.15, 0.2) is 10.5 Å². The van der Waals surface area contributed by atoms with Gasteiger partial charge in [0, 0.05) is 0 Å². The second-order valence-corrected chi connectivity index (χ2v) is 3.77. The number of carbonyl (C=O) groups is 1. The van der Waals surface area contributed by atoms with E-state index in [2.05, 4.69) is 10.8 Å². The van der Waals surface area contributed by atoms with E-state index in [1.165, 1.54) is 7.11 Å². The summed E-state index contributed by atoms with van der Waals surface area (Å²) in [6.07, 6.45) is 1.61. The summed E-state index contributed by atoms with van der Waals surface area (Å²) in [5.74, 6) is 0.678. The second-order valence-electron chi connectivity index (χ2n) is 3.77. The highest BCUT2D eigenvalue weighted by Gasteiger charge is 2.48. The average Bonchev–Trinajstić information content (AvgIpc) is 2.96. The van der Waals surface area contributed by atoms with Gasteiger partial charge in [-0.1, -0.05) is 0 Å². The minimum absolute atomic E-state index is 0.411. The minimum Gasteiger partial charge on any atom is -0.465 e. The lowest BCUT2D eigenvalue weighted by Gasteiger charge is -1.97. The van der Waals surface area contributed by atoms with Crippen molar-refractivity contribution < 1.29 is 13.9 Å². The number of ether oxygens (including phenoxy) is 1. The number of nitriles is 1. The van der Waals surface area contributed by atoms with E-state index in [1.54, 1.807) is 13.0 Å². The highest BCUT2D eigenvalue weighted by Crippen LogP contribution is 2.48. The SMILES string of the molecule is COC(=O)c1cc(C2(C#N)CC2)oc1C. The smallest absolute Gasteiger partial charge is 0.341 e. The summed E-state index contributed by atoms with van der Waals surface area (Å²) >= 11 is 0. The minimum atomic E-state index is -0.489. The third-order valence-electron chi connectivity index (χ3n) is 2.76. The monoisotopic (exact) mass is 205 g/mol. The molecule has 2 rings (SSSR count). The molecule has 15 heavy (non-hydrogen) atoms. The lowest BCUT2D eigenvalue weighted by molar-refractivity contribution is 0.0599. The Kier molecular flexibility index (Phi) is 2.04. The summed E-state index contributed by atoms with van der Waals surface area (Å²) < 4.78 is 10.0. The van der Waals surface area contributed by atoms with Crippen molar-refractivity contribution in [2.75, 3.05) is 7.11 Å². The molecule has 0 amide bonds. The van der Waals surface area contributed by atoms with Crippen molar-refractivity contribution in [3.63, 3.8) is 0 Å². The van der Waals surface area contributed by atoms with Crippen molar-refractivity contribution in [3.05, 3.63) is 23.2 Å². The number of furan rings is 1. The van der Waals surface area contributed by atoms with Gasteiger partial charge in [0.1, 0.15) is 22.5 Å². The Labute approximate surface area is 87.4 Å². The molecule has 1 saturated carbocycles. The Balaban J connectivity index is 2.38. The highest BCUT2D eigenvalue weighted by atomic mass is 16.5.